The van der Waals surface area contributed by atoms with Crippen LogP contribution in [0.5, 0.6) is 5.88 Å². The maximum Gasteiger partial charge on any atom is 0.232 e. The highest BCUT2D eigenvalue weighted by Crippen LogP contribution is 2.24. The fraction of sp³-hybridized carbons (Fsp3) is 0.545. The van der Waals surface area contributed by atoms with E-state index in [2.05, 4.69) is 37.1 Å². The third-order valence-electron chi connectivity index (χ3n) is 6.04. The van der Waals surface area contributed by atoms with Gasteiger partial charge in [-0.2, -0.15) is 0 Å². The fourth-order valence-electron chi connectivity index (χ4n) is 3.93. The van der Waals surface area contributed by atoms with E-state index in [1.54, 1.807) is 12.4 Å². The van der Waals surface area contributed by atoms with Crippen LogP contribution in [0.1, 0.15) is 37.4 Å². The molecule has 1 atom stereocenters. The maximum absolute atomic E-state index is 11.8. The Hall–Kier alpha value is -2.59. The summed E-state index contributed by atoms with van der Waals surface area (Å²) >= 11 is 0. The van der Waals surface area contributed by atoms with Crippen molar-refractivity contribution in [1.29, 1.82) is 0 Å². The van der Waals surface area contributed by atoms with E-state index in [1.165, 1.54) is 6.26 Å². The molecule has 10 heteroatoms. The summed E-state index contributed by atoms with van der Waals surface area (Å²) in [5, 5.41) is 2.41. The third kappa shape index (κ3) is 5.60. The number of aryl methyl sites for hydroxylation is 1. The number of hydrogen-bond acceptors (Lipinski definition) is 9. The van der Waals surface area contributed by atoms with E-state index in [-0.39, 0.29) is 0 Å². The van der Waals surface area contributed by atoms with E-state index in [0.717, 1.165) is 49.4 Å². The number of piperidine rings is 1. The lowest BCUT2D eigenvalue weighted by molar-refractivity contribution is 0.215. The molecule has 2 aromatic heterocycles. The van der Waals surface area contributed by atoms with Crippen molar-refractivity contribution in [2.75, 3.05) is 37.4 Å². The molecule has 0 amide bonds. The highest BCUT2D eigenvalue weighted by atomic mass is 32.2. The average Bonchev–Trinajstić information content (AvgIpc) is 2.83. The van der Waals surface area contributed by atoms with E-state index in [0.29, 0.717) is 37.1 Å². The van der Waals surface area contributed by atoms with E-state index in [9.17, 15) is 8.42 Å². The molecule has 1 fully saturated rings. The van der Waals surface area contributed by atoms with Crippen LogP contribution < -0.4 is 15.0 Å². The number of rotatable bonds is 7. The first kappa shape index (κ1) is 22.6. The number of nitrogens with one attached hydrogen (secondary N) is 1. The minimum absolute atomic E-state index is 0.386. The van der Waals surface area contributed by atoms with Gasteiger partial charge in [-0.15, -0.1) is 0 Å². The monoisotopic (exact) mass is 458 g/mol. The van der Waals surface area contributed by atoms with Crippen LogP contribution >= 0.6 is 0 Å². The molecule has 0 aromatic carbocycles. The van der Waals surface area contributed by atoms with E-state index in [1.807, 2.05) is 18.5 Å². The predicted octanol–water partition coefficient (Wildman–Crippen LogP) is 1.87. The number of hydrogen-bond donors (Lipinski definition) is 1. The van der Waals surface area contributed by atoms with Crippen LogP contribution in [-0.4, -0.2) is 66.2 Å². The minimum Gasteiger partial charge on any atom is -0.476 e. The molecule has 9 nitrogen and oxygen atoms in total. The highest BCUT2D eigenvalue weighted by Gasteiger charge is 2.25. The van der Waals surface area contributed by atoms with Crippen molar-refractivity contribution < 1.29 is 13.2 Å². The largest absolute Gasteiger partial charge is 0.476 e. The van der Waals surface area contributed by atoms with Crippen molar-refractivity contribution in [1.82, 2.24) is 25.3 Å². The Morgan fingerprint density at radius 1 is 1.09 bits per heavy atom. The number of anilines is 1. The van der Waals surface area contributed by atoms with Gasteiger partial charge in [0.15, 0.2) is 9.84 Å². The van der Waals surface area contributed by atoms with E-state index >= 15 is 0 Å². The summed E-state index contributed by atoms with van der Waals surface area (Å²) in [6.07, 6.45) is 13.6. The molecular weight excluding hydrogens is 428 g/mol. The Morgan fingerprint density at radius 2 is 1.84 bits per heavy atom. The SMILES string of the molecule is CCc1cnc(N2CCC(COc3cnc(C4=CCNC(S(C)(=O)=O)C4)cn3)CC2)nc1. The van der Waals surface area contributed by atoms with Crippen molar-refractivity contribution in [3.05, 3.63) is 42.1 Å². The molecule has 32 heavy (non-hydrogen) atoms. The Labute approximate surface area is 189 Å². The van der Waals surface area contributed by atoms with Gasteiger partial charge in [-0.3, -0.25) is 5.32 Å². The second-order valence-corrected chi connectivity index (χ2v) is 10.6. The lowest BCUT2D eigenvalue weighted by atomic mass is 9.98. The Bertz CT molecular complexity index is 1030. The van der Waals surface area contributed by atoms with Crippen LogP contribution in [0.15, 0.2) is 30.9 Å². The molecule has 1 N–H and O–H groups in total. The summed E-state index contributed by atoms with van der Waals surface area (Å²) in [5.74, 6) is 1.74. The van der Waals surface area contributed by atoms with Crippen molar-refractivity contribution in [2.45, 2.75) is 38.0 Å². The van der Waals surface area contributed by atoms with Crippen LogP contribution in [0, 0.1) is 5.92 Å². The van der Waals surface area contributed by atoms with Crippen molar-refractivity contribution in [2.24, 2.45) is 5.92 Å². The van der Waals surface area contributed by atoms with Crippen LogP contribution in [0.3, 0.4) is 0 Å². The van der Waals surface area contributed by atoms with Crippen molar-refractivity contribution >= 4 is 21.4 Å². The molecule has 0 radical (unpaired) electrons. The van der Waals surface area contributed by atoms with Gasteiger partial charge in [0, 0.05) is 44.7 Å². The molecular formula is C22H30N6O3S. The van der Waals surface area contributed by atoms with Gasteiger partial charge in [0.05, 0.1) is 24.7 Å². The smallest absolute Gasteiger partial charge is 0.232 e. The molecule has 172 valence electrons. The lowest BCUT2D eigenvalue weighted by Crippen LogP contribution is -2.39. The Kier molecular flexibility index (Phi) is 7.00. The molecule has 2 aliphatic rings. The van der Waals surface area contributed by atoms with Crippen LogP contribution in [0.25, 0.3) is 5.57 Å². The molecule has 4 heterocycles. The highest BCUT2D eigenvalue weighted by molar-refractivity contribution is 7.91. The number of sulfone groups is 1. The summed E-state index contributed by atoms with van der Waals surface area (Å²) < 4.78 is 29.5. The quantitative estimate of drug-likeness (QED) is 0.665. The number of ether oxygens (including phenoxy) is 1. The molecule has 0 saturated carbocycles. The van der Waals surface area contributed by atoms with Gasteiger partial charge in [-0.1, -0.05) is 13.0 Å². The van der Waals surface area contributed by atoms with Gasteiger partial charge in [-0.05, 0) is 36.3 Å². The van der Waals surface area contributed by atoms with E-state index < -0.39 is 15.2 Å². The topological polar surface area (TPSA) is 110 Å². The summed E-state index contributed by atoms with van der Waals surface area (Å²) in [4.78, 5) is 20.0. The zero-order chi connectivity index (χ0) is 22.6. The molecule has 2 aliphatic heterocycles. The molecule has 4 rings (SSSR count). The van der Waals surface area contributed by atoms with Crippen LogP contribution in [0.2, 0.25) is 0 Å². The van der Waals surface area contributed by atoms with Crippen molar-refractivity contribution in [3.63, 3.8) is 0 Å². The van der Waals surface area contributed by atoms with Gasteiger partial charge >= 0.3 is 0 Å². The molecule has 0 bridgehead atoms. The summed E-state index contributed by atoms with van der Waals surface area (Å²) in [7, 11) is -3.16. The number of aromatic nitrogens is 4. The van der Waals surface area contributed by atoms with Gasteiger partial charge in [0.2, 0.25) is 11.8 Å². The molecule has 1 unspecified atom stereocenters. The second-order valence-electron chi connectivity index (χ2n) is 8.39. The minimum atomic E-state index is -3.16. The second kappa shape index (κ2) is 9.91. The summed E-state index contributed by atoms with van der Waals surface area (Å²) in [5.41, 5.74) is 2.73. The first-order chi connectivity index (χ1) is 15.4. The zero-order valence-corrected chi connectivity index (χ0v) is 19.4. The first-order valence-corrected chi connectivity index (χ1v) is 13.0. The predicted molar refractivity (Wildman–Crippen MR) is 123 cm³/mol. The lowest BCUT2D eigenvalue weighted by Gasteiger charge is -2.31. The summed E-state index contributed by atoms with van der Waals surface area (Å²) in [6, 6.07) is 0. The standard InChI is InChI=1S/C22H30N6O3S/c1-3-16-11-26-22(27-12-16)28-8-5-17(6-9-28)15-31-20-14-24-19(13-25-20)18-4-7-23-21(10-18)32(2,29)30/h4,11-14,17,21,23H,3,5-10,15H2,1-2H3. The van der Waals surface area contributed by atoms with Crippen LogP contribution in [0.4, 0.5) is 5.95 Å². The summed E-state index contributed by atoms with van der Waals surface area (Å²) in [6.45, 7) is 5.02. The van der Waals surface area contributed by atoms with Gasteiger partial charge in [-0.25, -0.2) is 28.4 Å². The first-order valence-electron chi connectivity index (χ1n) is 11.0. The van der Waals surface area contributed by atoms with Gasteiger partial charge in [0.1, 0.15) is 5.37 Å². The fourth-order valence-corrected chi connectivity index (χ4v) is 4.82. The average molecular weight is 459 g/mol. The molecule has 1 saturated heterocycles. The third-order valence-corrected chi connectivity index (χ3v) is 7.40. The van der Waals surface area contributed by atoms with Crippen molar-refractivity contribution in [3.8, 4) is 5.88 Å². The maximum atomic E-state index is 11.8. The Morgan fingerprint density at radius 3 is 2.47 bits per heavy atom. The Balaban J connectivity index is 1.26. The number of nitrogens with zero attached hydrogens (tertiary/aromatic N) is 5. The molecule has 0 aliphatic carbocycles. The van der Waals surface area contributed by atoms with Gasteiger partial charge in [0.25, 0.3) is 0 Å². The normalized spacial score (nSPS) is 20.1. The molecule has 0 spiro atoms. The van der Waals surface area contributed by atoms with Gasteiger partial charge < -0.3 is 9.64 Å². The zero-order valence-electron chi connectivity index (χ0n) is 18.6. The van der Waals surface area contributed by atoms with E-state index in [4.69, 9.17) is 4.74 Å². The van der Waals surface area contributed by atoms with Crippen LogP contribution in [-0.2, 0) is 16.3 Å². The molecule has 2 aromatic rings.